The maximum absolute atomic E-state index is 4.66. The van der Waals surface area contributed by atoms with E-state index in [0.717, 1.165) is 30.3 Å². The molecule has 0 atom stereocenters. The number of nitrogens with zero attached hydrogens (tertiary/aromatic N) is 2. The molecular formula is C15H21N3. The standard InChI is InChI=1S/C15H21N3/c1-18-14-8-3-2-7-13(14)17-15(18)11-16-10-9-12-5-4-6-12/h2-3,7-8,12,16H,4-6,9-11H2,1H3. The Morgan fingerprint density at radius 2 is 2.17 bits per heavy atom. The zero-order valence-corrected chi connectivity index (χ0v) is 11.0. The van der Waals surface area contributed by atoms with Gasteiger partial charge in [-0.25, -0.2) is 4.98 Å². The van der Waals surface area contributed by atoms with Crippen molar-refractivity contribution in [3.63, 3.8) is 0 Å². The zero-order chi connectivity index (χ0) is 12.4. The van der Waals surface area contributed by atoms with E-state index in [4.69, 9.17) is 0 Å². The molecule has 96 valence electrons. The maximum Gasteiger partial charge on any atom is 0.123 e. The first-order valence-corrected chi connectivity index (χ1v) is 6.95. The molecule has 0 radical (unpaired) electrons. The Hall–Kier alpha value is -1.35. The van der Waals surface area contributed by atoms with Gasteiger partial charge in [0.15, 0.2) is 0 Å². The largest absolute Gasteiger partial charge is 0.330 e. The molecule has 0 spiro atoms. The molecule has 1 heterocycles. The van der Waals surface area contributed by atoms with Crippen molar-refractivity contribution in [2.75, 3.05) is 6.54 Å². The Morgan fingerprint density at radius 1 is 1.33 bits per heavy atom. The highest BCUT2D eigenvalue weighted by molar-refractivity contribution is 5.75. The van der Waals surface area contributed by atoms with Crippen LogP contribution in [0.1, 0.15) is 31.5 Å². The van der Waals surface area contributed by atoms with Crippen LogP contribution >= 0.6 is 0 Å². The molecular weight excluding hydrogens is 222 g/mol. The molecule has 1 aliphatic rings. The molecule has 3 rings (SSSR count). The minimum atomic E-state index is 0.873. The molecule has 1 saturated carbocycles. The fourth-order valence-electron chi connectivity index (χ4n) is 2.64. The maximum atomic E-state index is 4.66. The zero-order valence-electron chi connectivity index (χ0n) is 11.0. The lowest BCUT2D eigenvalue weighted by Crippen LogP contribution is -2.22. The Bertz CT molecular complexity index is 526. The molecule has 1 N–H and O–H groups in total. The van der Waals surface area contributed by atoms with Crippen LogP contribution in [0, 0.1) is 5.92 Å². The highest BCUT2D eigenvalue weighted by atomic mass is 15.1. The summed E-state index contributed by atoms with van der Waals surface area (Å²) in [6.07, 6.45) is 5.64. The summed E-state index contributed by atoms with van der Waals surface area (Å²) in [5.74, 6) is 2.11. The molecule has 0 aliphatic heterocycles. The summed E-state index contributed by atoms with van der Waals surface area (Å²) in [6, 6.07) is 8.31. The molecule has 0 amide bonds. The van der Waals surface area contributed by atoms with Crippen LogP contribution in [0.15, 0.2) is 24.3 Å². The first-order valence-electron chi connectivity index (χ1n) is 6.95. The fourth-order valence-corrected chi connectivity index (χ4v) is 2.64. The van der Waals surface area contributed by atoms with Crippen molar-refractivity contribution in [1.82, 2.24) is 14.9 Å². The van der Waals surface area contributed by atoms with Gasteiger partial charge in [-0.05, 0) is 31.0 Å². The van der Waals surface area contributed by atoms with E-state index in [2.05, 4.69) is 40.1 Å². The molecule has 18 heavy (non-hydrogen) atoms. The normalized spacial score (nSPS) is 16.1. The lowest BCUT2D eigenvalue weighted by Gasteiger charge is -2.25. The molecule has 3 heteroatoms. The van der Waals surface area contributed by atoms with Crippen LogP contribution in [0.4, 0.5) is 0 Å². The summed E-state index contributed by atoms with van der Waals surface area (Å²) in [5, 5.41) is 3.52. The molecule has 1 fully saturated rings. The van der Waals surface area contributed by atoms with Crippen molar-refractivity contribution in [2.24, 2.45) is 13.0 Å². The van der Waals surface area contributed by atoms with Crippen LogP contribution in [-0.2, 0) is 13.6 Å². The third-order valence-corrected chi connectivity index (χ3v) is 4.12. The van der Waals surface area contributed by atoms with E-state index in [0.29, 0.717) is 0 Å². The van der Waals surface area contributed by atoms with Crippen LogP contribution in [-0.4, -0.2) is 16.1 Å². The van der Waals surface area contributed by atoms with E-state index < -0.39 is 0 Å². The van der Waals surface area contributed by atoms with Crippen LogP contribution in [0.3, 0.4) is 0 Å². The van der Waals surface area contributed by atoms with E-state index in [1.54, 1.807) is 0 Å². The molecule has 1 aliphatic carbocycles. The molecule has 2 aromatic rings. The second-order valence-corrected chi connectivity index (χ2v) is 5.34. The van der Waals surface area contributed by atoms with Gasteiger partial charge in [0.05, 0.1) is 17.6 Å². The van der Waals surface area contributed by atoms with E-state index in [1.807, 2.05) is 6.07 Å². The number of rotatable bonds is 5. The van der Waals surface area contributed by atoms with Crippen LogP contribution in [0.5, 0.6) is 0 Å². The van der Waals surface area contributed by atoms with Crippen LogP contribution in [0.25, 0.3) is 11.0 Å². The first kappa shape index (κ1) is 11.7. The highest BCUT2D eigenvalue weighted by Crippen LogP contribution is 2.28. The summed E-state index contributed by atoms with van der Waals surface area (Å²) >= 11 is 0. The SMILES string of the molecule is Cn1c(CNCCC2CCC2)nc2ccccc21. The second kappa shape index (κ2) is 5.11. The first-order chi connectivity index (χ1) is 8.84. The van der Waals surface area contributed by atoms with E-state index in [1.165, 1.54) is 31.2 Å². The minimum Gasteiger partial charge on any atom is -0.330 e. The van der Waals surface area contributed by atoms with Gasteiger partial charge in [0, 0.05) is 7.05 Å². The minimum absolute atomic E-state index is 0.873. The van der Waals surface area contributed by atoms with Crippen LogP contribution < -0.4 is 5.32 Å². The van der Waals surface area contributed by atoms with Crippen LogP contribution in [0.2, 0.25) is 0 Å². The van der Waals surface area contributed by atoms with E-state index in [9.17, 15) is 0 Å². The number of nitrogens with one attached hydrogen (secondary N) is 1. The molecule has 1 aromatic carbocycles. The monoisotopic (exact) mass is 243 g/mol. The lowest BCUT2D eigenvalue weighted by molar-refractivity contribution is 0.291. The Balaban J connectivity index is 1.58. The number of imidazole rings is 1. The number of para-hydroxylation sites is 2. The molecule has 1 aromatic heterocycles. The van der Waals surface area contributed by atoms with Gasteiger partial charge in [-0.3, -0.25) is 0 Å². The number of hydrogen-bond donors (Lipinski definition) is 1. The predicted molar refractivity (Wildman–Crippen MR) is 74.4 cm³/mol. The summed E-state index contributed by atoms with van der Waals surface area (Å²) < 4.78 is 2.19. The summed E-state index contributed by atoms with van der Waals surface area (Å²) in [4.78, 5) is 4.66. The predicted octanol–water partition coefficient (Wildman–Crippen LogP) is 2.85. The van der Waals surface area contributed by atoms with Gasteiger partial charge >= 0.3 is 0 Å². The average Bonchev–Trinajstić information content (AvgIpc) is 2.65. The number of hydrogen-bond acceptors (Lipinski definition) is 2. The van der Waals surface area contributed by atoms with Gasteiger partial charge < -0.3 is 9.88 Å². The Kier molecular flexibility index (Phi) is 3.33. The molecule has 0 unspecified atom stereocenters. The fraction of sp³-hybridized carbons (Fsp3) is 0.533. The van der Waals surface area contributed by atoms with Crippen molar-refractivity contribution in [2.45, 2.75) is 32.2 Å². The van der Waals surface area contributed by atoms with Crippen molar-refractivity contribution < 1.29 is 0 Å². The topological polar surface area (TPSA) is 29.9 Å². The Labute approximate surface area is 108 Å². The highest BCUT2D eigenvalue weighted by Gasteiger charge is 2.16. The van der Waals surface area contributed by atoms with Gasteiger partial charge in [0.2, 0.25) is 0 Å². The quantitative estimate of drug-likeness (QED) is 0.818. The second-order valence-electron chi connectivity index (χ2n) is 5.34. The van der Waals surface area contributed by atoms with Gasteiger partial charge in [-0.1, -0.05) is 31.4 Å². The van der Waals surface area contributed by atoms with E-state index in [-0.39, 0.29) is 0 Å². The van der Waals surface area contributed by atoms with E-state index >= 15 is 0 Å². The third kappa shape index (κ3) is 2.27. The van der Waals surface area contributed by atoms with Gasteiger partial charge in [-0.15, -0.1) is 0 Å². The lowest BCUT2D eigenvalue weighted by atomic mass is 9.83. The van der Waals surface area contributed by atoms with Crippen molar-refractivity contribution in [1.29, 1.82) is 0 Å². The summed E-state index contributed by atoms with van der Waals surface area (Å²) in [6.45, 7) is 1.99. The molecule has 3 nitrogen and oxygen atoms in total. The summed E-state index contributed by atoms with van der Waals surface area (Å²) in [7, 11) is 2.10. The number of aryl methyl sites for hydroxylation is 1. The van der Waals surface area contributed by atoms with Gasteiger partial charge in [0.1, 0.15) is 5.82 Å². The Morgan fingerprint density at radius 3 is 2.89 bits per heavy atom. The van der Waals surface area contributed by atoms with Crippen molar-refractivity contribution >= 4 is 11.0 Å². The summed E-state index contributed by atoms with van der Waals surface area (Å²) in [5.41, 5.74) is 2.31. The number of aromatic nitrogens is 2. The smallest absolute Gasteiger partial charge is 0.123 e. The molecule has 0 bridgehead atoms. The molecule has 0 saturated heterocycles. The average molecular weight is 243 g/mol. The van der Waals surface area contributed by atoms with Gasteiger partial charge in [0.25, 0.3) is 0 Å². The van der Waals surface area contributed by atoms with Crippen molar-refractivity contribution in [3.8, 4) is 0 Å². The van der Waals surface area contributed by atoms with Crippen molar-refractivity contribution in [3.05, 3.63) is 30.1 Å². The van der Waals surface area contributed by atoms with Gasteiger partial charge in [-0.2, -0.15) is 0 Å². The third-order valence-electron chi connectivity index (χ3n) is 4.12. The number of benzene rings is 1. The number of fused-ring (bicyclic) bond motifs is 1.